The van der Waals surface area contributed by atoms with E-state index in [1.165, 1.54) is 98.0 Å². The first-order valence-electron chi connectivity index (χ1n) is 22.4. The molecule has 0 heterocycles. The summed E-state index contributed by atoms with van der Waals surface area (Å²) in [5.41, 5.74) is 7.31. The number of nitrogens with zero attached hydrogens (tertiary/aromatic N) is 2. The quantitative estimate of drug-likeness (QED) is 0.0767. The predicted molar refractivity (Wildman–Crippen MR) is 289 cm³/mol. The first kappa shape index (κ1) is 42.1. The lowest BCUT2D eigenvalue weighted by Gasteiger charge is -2.32. The molecule has 0 saturated carbocycles. The minimum Gasteiger partial charge on any atom is -0.310 e. The average molecular weight is 875 g/mol. The summed E-state index contributed by atoms with van der Waals surface area (Å²) in [7, 11) is -6.56. The Hall–Kier alpha value is -5.25. The summed E-state index contributed by atoms with van der Waals surface area (Å²) in [6, 6.07) is 60.7. The second kappa shape index (κ2) is 15.2. The van der Waals surface area contributed by atoms with E-state index in [-0.39, 0.29) is 0 Å². The van der Waals surface area contributed by atoms with Crippen LogP contribution in [0.25, 0.3) is 43.1 Å². The van der Waals surface area contributed by atoms with Gasteiger partial charge in [-0.2, -0.15) is 0 Å². The topological polar surface area (TPSA) is 6.48 Å². The molecular weight excluding hydrogens is 813 g/mol. The Kier molecular flexibility index (Phi) is 10.3. The van der Waals surface area contributed by atoms with Crippen molar-refractivity contribution in [3.63, 3.8) is 0 Å². The number of para-hydroxylation sites is 2. The summed E-state index contributed by atoms with van der Waals surface area (Å²) < 4.78 is 0. The van der Waals surface area contributed by atoms with E-state index in [1.807, 2.05) is 0 Å². The van der Waals surface area contributed by atoms with E-state index >= 15 is 0 Å². The largest absolute Gasteiger partial charge is 0.310 e. The number of hydrogen-bond donors (Lipinski definition) is 0. The Labute approximate surface area is 374 Å². The molecule has 0 bridgehead atoms. The summed E-state index contributed by atoms with van der Waals surface area (Å²) in [5, 5.41) is 16.5. The Morgan fingerprint density at radius 1 is 0.258 bits per heavy atom. The first-order chi connectivity index (χ1) is 29.3. The fourth-order valence-corrected chi connectivity index (χ4v) is 14.3. The molecule has 0 radical (unpaired) electrons. The molecular formula is C56H62N2Si4. The SMILES string of the molecule is C[Si](C)(C)c1cc(N(c2ccccc2)c2ccc3c4cccc5c(N(c6ccccc6)c6cc([Si](C)(C)C)cc([Si](C)(C)C)c6)ccc(c6cccc2c63)c54)cc([Si](C)(C)C)c1. The highest BCUT2D eigenvalue weighted by atomic mass is 28.3. The molecule has 9 rings (SSSR count). The van der Waals surface area contributed by atoms with Gasteiger partial charge >= 0.3 is 0 Å². The monoisotopic (exact) mass is 874 g/mol. The maximum absolute atomic E-state index is 2.54. The molecule has 0 saturated heterocycles. The van der Waals surface area contributed by atoms with E-state index in [4.69, 9.17) is 0 Å². The van der Waals surface area contributed by atoms with E-state index in [0.717, 1.165) is 0 Å². The first-order valence-corrected chi connectivity index (χ1v) is 36.4. The second-order valence-electron chi connectivity index (χ2n) is 21.6. The highest BCUT2D eigenvalue weighted by Gasteiger charge is 2.29. The minimum absolute atomic E-state index is 1.18. The summed E-state index contributed by atoms with van der Waals surface area (Å²) in [6.07, 6.45) is 0. The van der Waals surface area contributed by atoms with Gasteiger partial charge in [0.2, 0.25) is 0 Å². The van der Waals surface area contributed by atoms with Crippen LogP contribution < -0.4 is 30.5 Å². The number of benzene rings is 9. The van der Waals surface area contributed by atoms with Gasteiger partial charge in [0.15, 0.2) is 0 Å². The molecule has 0 aliphatic rings. The van der Waals surface area contributed by atoms with Gasteiger partial charge in [0.25, 0.3) is 0 Å². The van der Waals surface area contributed by atoms with Gasteiger partial charge in [-0.15, -0.1) is 0 Å². The summed E-state index contributed by atoms with van der Waals surface area (Å²) in [6.45, 7) is 29.8. The minimum atomic E-state index is -1.64. The normalized spacial score (nSPS) is 12.8. The molecule has 9 aromatic carbocycles. The maximum Gasteiger partial charge on any atom is 0.0776 e. The van der Waals surface area contributed by atoms with Crippen molar-refractivity contribution < 1.29 is 0 Å². The zero-order valence-corrected chi connectivity index (χ0v) is 42.9. The smallest absolute Gasteiger partial charge is 0.0776 e. The molecule has 0 spiro atoms. The number of anilines is 6. The third-order valence-electron chi connectivity index (χ3n) is 12.9. The van der Waals surface area contributed by atoms with Crippen LogP contribution in [-0.4, -0.2) is 32.3 Å². The van der Waals surface area contributed by atoms with Crippen molar-refractivity contribution in [1.82, 2.24) is 0 Å². The summed E-state index contributed by atoms with van der Waals surface area (Å²) in [5.74, 6) is 0. The predicted octanol–water partition coefficient (Wildman–Crippen LogP) is 14.9. The molecule has 312 valence electrons. The molecule has 6 heteroatoms. The molecule has 0 fully saturated rings. The van der Waals surface area contributed by atoms with Crippen LogP contribution in [0.5, 0.6) is 0 Å². The van der Waals surface area contributed by atoms with Crippen molar-refractivity contribution >= 4 is 130 Å². The van der Waals surface area contributed by atoms with Crippen LogP contribution >= 0.6 is 0 Å². The lowest BCUT2D eigenvalue weighted by atomic mass is 9.88. The van der Waals surface area contributed by atoms with Crippen LogP contribution in [0.2, 0.25) is 78.6 Å². The van der Waals surface area contributed by atoms with Gasteiger partial charge in [0.1, 0.15) is 0 Å². The van der Waals surface area contributed by atoms with E-state index in [9.17, 15) is 0 Å². The van der Waals surface area contributed by atoms with Gasteiger partial charge in [-0.3, -0.25) is 0 Å². The van der Waals surface area contributed by atoms with Crippen molar-refractivity contribution in [3.05, 3.63) is 158 Å². The Balaban J connectivity index is 1.32. The Bertz CT molecular complexity index is 2820. The van der Waals surface area contributed by atoms with Gasteiger partial charge in [-0.25, -0.2) is 0 Å². The molecule has 0 unspecified atom stereocenters. The zero-order valence-electron chi connectivity index (χ0n) is 38.9. The molecule has 9 aromatic rings. The molecule has 0 aliphatic carbocycles. The molecule has 0 aliphatic heterocycles. The fraction of sp³-hybridized carbons (Fsp3) is 0.214. The van der Waals surface area contributed by atoms with Crippen LogP contribution in [0, 0.1) is 0 Å². The van der Waals surface area contributed by atoms with E-state index in [1.54, 1.807) is 0 Å². The van der Waals surface area contributed by atoms with Gasteiger partial charge in [0, 0.05) is 33.5 Å². The average Bonchev–Trinajstić information content (AvgIpc) is 3.23. The fourth-order valence-electron chi connectivity index (χ4n) is 9.29. The Morgan fingerprint density at radius 3 is 0.855 bits per heavy atom. The van der Waals surface area contributed by atoms with E-state index in [0.29, 0.717) is 0 Å². The van der Waals surface area contributed by atoms with Gasteiger partial charge in [-0.1, -0.05) is 196 Å². The zero-order chi connectivity index (χ0) is 43.9. The van der Waals surface area contributed by atoms with Crippen molar-refractivity contribution in [3.8, 4) is 0 Å². The van der Waals surface area contributed by atoms with Crippen LogP contribution in [0.1, 0.15) is 0 Å². The van der Waals surface area contributed by atoms with E-state index < -0.39 is 32.3 Å². The van der Waals surface area contributed by atoms with Crippen molar-refractivity contribution in [1.29, 1.82) is 0 Å². The van der Waals surface area contributed by atoms with Gasteiger partial charge in [0.05, 0.1) is 43.7 Å². The van der Waals surface area contributed by atoms with Gasteiger partial charge in [-0.05, 0) is 93.0 Å². The van der Waals surface area contributed by atoms with Crippen LogP contribution in [-0.2, 0) is 0 Å². The highest BCUT2D eigenvalue weighted by Crippen LogP contribution is 2.48. The standard InChI is InChI=1S/C56H62N2Si4/c1-59(2,3)43-33-41(34-44(37-43)60(4,5)6)57(39-21-15-13-16-22-39)53-31-29-49-48-26-20-28-52-54(32-30-50(56(48)52)47-25-19-27-51(53)55(47)49)58(40-23-17-14-18-24-40)42-35-45(61(7,8)9)38-46(36-42)62(10,11)12/h13-38H,1-12H3. The maximum atomic E-state index is 2.54. The van der Waals surface area contributed by atoms with Gasteiger partial charge < -0.3 is 9.80 Å². The lowest BCUT2D eigenvalue weighted by molar-refractivity contribution is 1.30. The molecule has 0 amide bonds. The Morgan fingerprint density at radius 2 is 0.548 bits per heavy atom. The third kappa shape index (κ3) is 7.55. The van der Waals surface area contributed by atoms with Crippen LogP contribution in [0.15, 0.2) is 158 Å². The lowest BCUT2D eigenvalue weighted by Crippen LogP contribution is -2.45. The third-order valence-corrected chi connectivity index (χ3v) is 21.0. The van der Waals surface area contributed by atoms with E-state index in [2.05, 4.69) is 246 Å². The molecule has 2 nitrogen and oxygen atoms in total. The molecule has 0 aromatic heterocycles. The van der Waals surface area contributed by atoms with Crippen molar-refractivity contribution in [2.24, 2.45) is 0 Å². The summed E-state index contributed by atoms with van der Waals surface area (Å²) in [4.78, 5) is 5.08. The molecule has 62 heavy (non-hydrogen) atoms. The van der Waals surface area contributed by atoms with Crippen LogP contribution in [0.4, 0.5) is 34.1 Å². The summed E-state index contributed by atoms with van der Waals surface area (Å²) >= 11 is 0. The number of hydrogen-bond acceptors (Lipinski definition) is 2. The molecule has 0 N–H and O–H groups in total. The van der Waals surface area contributed by atoms with Crippen molar-refractivity contribution in [2.45, 2.75) is 78.6 Å². The number of rotatable bonds is 10. The van der Waals surface area contributed by atoms with Crippen molar-refractivity contribution in [2.75, 3.05) is 9.80 Å². The van der Waals surface area contributed by atoms with Crippen LogP contribution in [0.3, 0.4) is 0 Å². The number of fused-ring (bicyclic) bond motifs is 2. The molecule has 0 atom stereocenters. The second-order valence-corrected chi connectivity index (χ2v) is 41.9. The highest BCUT2D eigenvalue weighted by molar-refractivity contribution is 6.92.